The molecule has 0 fully saturated rings. The van der Waals surface area contributed by atoms with Crippen LogP contribution in [0.3, 0.4) is 0 Å². The van der Waals surface area contributed by atoms with Crippen molar-refractivity contribution in [2.24, 2.45) is 7.05 Å². The van der Waals surface area contributed by atoms with Gasteiger partial charge in [-0.2, -0.15) is 5.10 Å². The molecule has 4 nitrogen and oxygen atoms in total. The summed E-state index contributed by atoms with van der Waals surface area (Å²) in [5.74, 6) is 1.29. The third-order valence-corrected chi connectivity index (χ3v) is 3.72. The fraction of sp³-hybridized carbons (Fsp3) is 0.235. The molecule has 5 heteroatoms. The first-order chi connectivity index (χ1) is 10.6. The number of rotatable bonds is 5. The molecule has 0 amide bonds. The molecule has 0 aliphatic rings. The predicted molar refractivity (Wildman–Crippen MR) is 82.6 cm³/mol. The van der Waals surface area contributed by atoms with Gasteiger partial charge in [0.25, 0.3) is 0 Å². The molecule has 2 aromatic heterocycles. The monoisotopic (exact) mass is 299 g/mol. The fourth-order valence-corrected chi connectivity index (χ4v) is 2.38. The minimum atomic E-state index is -0.218. The molecule has 1 N–H and O–H groups in total. The van der Waals surface area contributed by atoms with E-state index in [0.717, 1.165) is 17.0 Å². The molecule has 0 aliphatic carbocycles. The van der Waals surface area contributed by atoms with Gasteiger partial charge in [0.1, 0.15) is 17.3 Å². The predicted octanol–water partition coefficient (Wildman–Crippen LogP) is 3.42. The van der Waals surface area contributed by atoms with E-state index >= 15 is 0 Å². The minimum absolute atomic E-state index is 0.218. The van der Waals surface area contributed by atoms with Crippen LogP contribution >= 0.6 is 0 Å². The SMILES string of the molecule is Cc1c(F)cccc1-c1ccc(CNCc2ccnn2C)o1. The van der Waals surface area contributed by atoms with Gasteiger partial charge >= 0.3 is 0 Å². The van der Waals surface area contributed by atoms with E-state index in [-0.39, 0.29) is 5.82 Å². The number of benzene rings is 1. The van der Waals surface area contributed by atoms with Crippen molar-refractivity contribution in [3.05, 3.63) is 65.4 Å². The summed E-state index contributed by atoms with van der Waals surface area (Å²) in [6.07, 6.45) is 1.77. The summed E-state index contributed by atoms with van der Waals surface area (Å²) in [6.45, 7) is 3.08. The van der Waals surface area contributed by atoms with E-state index in [9.17, 15) is 4.39 Å². The van der Waals surface area contributed by atoms with Crippen LogP contribution in [0.4, 0.5) is 4.39 Å². The van der Waals surface area contributed by atoms with Crippen molar-refractivity contribution in [2.45, 2.75) is 20.0 Å². The molecule has 3 rings (SSSR count). The third-order valence-electron chi connectivity index (χ3n) is 3.72. The molecule has 1 aromatic carbocycles. The van der Waals surface area contributed by atoms with Crippen molar-refractivity contribution in [1.29, 1.82) is 0 Å². The first-order valence-corrected chi connectivity index (χ1v) is 7.17. The van der Waals surface area contributed by atoms with E-state index < -0.39 is 0 Å². The highest BCUT2D eigenvalue weighted by Gasteiger charge is 2.10. The van der Waals surface area contributed by atoms with Crippen LogP contribution in [0.1, 0.15) is 17.0 Å². The summed E-state index contributed by atoms with van der Waals surface area (Å²) in [5.41, 5.74) is 2.50. The molecule has 0 aliphatic heterocycles. The number of aryl methyl sites for hydroxylation is 1. The molecule has 0 saturated heterocycles. The molecule has 0 spiro atoms. The van der Waals surface area contributed by atoms with Gasteiger partial charge < -0.3 is 9.73 Å². The molecule has 0 unspecified atom stereocenters. The Kier molecular flexibility index (Phi) is 4.06. The summed E-state index contributed by atoms with van der Waals surface area (Å²) < 4.78 is 21.2. The second-order valence-electron chi connectivity index (χ2n) is 5.23. The zero-order valence-electron chi connectivity index (χ0n) is 12.6. The van der Waals surface area contributed by atoms with Crippen LogP contribution in [0.5, 0.6) is 0 Å². The molecule has 0 atom stereocenters. The Morgan fingerprint density at radius 3 is 2.82 bits per heavy atom. The Bertz CT molecular complexity index is 776. The Labute approximate surface area is 128 Å². The maximum atomic E-state index is 13.6. The second kappa shape index (κ2) is 6.15. The number of aromatic nitrogens is 2. The lowest BCUT2D eigenvalue weighted by Gasteiger charge is -2.05. The van der Waals surface area contributed by atoms with Crippen molar-refractivity contribution in [3.63, 3.8) is 0 Å². The normalized spacial score (nSPS) is 11.0. The topological polar surface area (TPSA) is 43.0 Å². The molecular weight excluding hydrogens is 281 g/mol. The number of hydrogen-bond donors (Lipinski definition) is 1. The summed E-state index contributed by atoms with van der Waals surface area (Å²) in [5, 5.41) is 7.43. The molecule has 22 heavy (non-hydrogen) atoms. The smallest absolute Gasteiger partial charge is 0.134 e. The van der Waals surface area contributed by atoms with Crippen molar-refractivity contribution < 1.29 is 8.81 Å². The lowest BCUT2D eigenvalue weighted by atomic mass is 10.1. The highest BCUT2D eigenvalue weighted by Crippen LogP contribution is 2.26. The number of nitrogens with one attached hydrogen (secondary N) is 1. The van der Waals surface area contributed by atoms with Gasteiger partial charge in [-0.05, 0) is 36.8 Å². The van der Waals surface area contributed by atoms with Crippen LogP contribution in [-0.4, -0.2) is 9.78 Å². The summed E-state index contributed by atoms with van der Waals surface area (Å²) in [4.78, 5) is 0. The van der Waals surface area contributed by atoms with Crippen LogP contribution in [0, 0.1) is 12.7 Å². The highest BCUT2D eigenvalue weighted by atomic mass is 19.1. The first kappa shape index (κ1) is 14.5. The molecule has 0 bridgehead atoms. The van der Waals surface area contributed by atoms with E-state index in [4.69, 9.17) is 4.42 Å². The summed E-state index contributed by atoms with van der Waals surface area (Å²) in [7, 11) is 1.91. The number of hydrogen-bond acceptors (Lipinski definition) is 3. The minimum Gasteiger partial charge on any atom is -0.460 e. The average molecular weight is 299 g/mol. The highest BCUT2D eigenvalue weighted by molar-refractivity contribution is 5.62. The maximum Gasteiger partial charge on any atom is 0.134 e. The third kappa shape index (κ3) is 2.94. The van der Waals surface area contributed by atoms with E-state index in [1.165, 1.54) is 6.07 Å². The van der Waals surface area contributed by atoms with Crippen molar-refractivity contribution in [3.8, 4) is 11.3 Å². The maximum absolute atomic E-state index is 13.6. The Balaban J connectivity index is 1.66. The zero-order chi connectivity index (χ0) is 15.5. The van der Waals surface area contributed by atoms with Crippen LogP contribution in [0.2, 0.25) is 0 Å². The fourth-order valence-electron chi connectivity index (χ4n) is 2.38. The van der Waals surface area contributed by atoms with Gasteiger partial charge in [-0.1, -0.05) is 12.1 Å². The Morgan fingerprint density at radius 2 is 2.05 bits per heavy atom. The molecule has 114 valence electrons. The Hall–Kier alpha value is -2.40. The standard InChI is InChI=1S/C17H18FN3O/c1-12-15(4-3-5-16(12)18)17-7-6-14(22-17)11-19-10-13-8-9-20-21(13)2/h3-9,19H,10-11H2,1-2H3. The van der Waals surface area contributed by atoms with Gasteiger partial charge in [0.15, 0.2) is 0 Å². The summed E-state index contributed by atoms with van der Waals surface area (Å²) in [6, 6.07) is 10.8. The molecular formula is C17H18FN3O. The quantitative estimate of drug-likeness (QED) is 0.785. The average Bonchev–Trinajstić information content (AvgIpc) is 3.12. The van der Waals surface area contributed by atoms with Gasteiger partial charge in [0, 0.05) is 25.4 Å². The van der Waals surface area contributed by atoms with Crippen molar-refractivity contribution >= 4 is 0 Å². The van der Waals surface area contributed by atoms with E-state index in [0.29, 0.717) is 24.4 Å². The number of furan rings is 1. The second-order valence-corrected chi connectivity index (χ2v) is 5.23. The Morgan fingerprint density at radius 1 is 1.18 bits per heavy atom. The van der Waals surface area contributed by atoms with E-state index in [1.54, 1.807) is 19.2 Å². The van der Waals surface area contributed by atoms with Crippen LogP contribution < -0.4 is 5.32 Å². The van der Waals surface area contributed by atoms with Crippen LogP contribution in [0.25, 0.3) is 11.3 Å². The lowest BCUT2D eigenvalue weighted by Crippen LogP contribution is -2.14. The molecule has 0 radical (unpaired) electrons. The van der Waals surface area contributed by atoms with Gasteiger partial charge in [-0.15, -0.1) is 0 Å². The summed E-state index contributed by atoms with van der Waals surface area (Å²) >= 11 is 0. The molecule has 2 heterocycles. The van der Waals surface area contributed by atoms with E-state index in [2.05, 4.69) is 10.4 Å². The number of nitrogens with zero attached hydrogens (tertiary/aromatic N) is 2. The van der Waals surface area contributed by atoms with Gasteiger partial charge in [-0.25, -0.2) is 4.39 Å². The van der Waals surface area contributed by atoms with Crippen molar-refractivity contribution in [2.75, 3.05) is 0 Å². The van der Waals surface area contributed by atoms with Gasteiger partial charge in [0.2, 0.25) is 0 Å². The molecule has 3 aromatic rings. The van der Waals surface area contributed by atoms with Crippen molar-refractivity contribution in [1.82, 2.24) is 15.1 Å². The van der Waals surface area contributed by atoms with Crippen LogP contribution in [-0.2, 0) is 20.1 Å². The molecule has 0 saturated carbocycles. The lowest BCUT2D eigenvalue weighted by molar-refractivity contribution is 0.488. The number of halogens is 1. The van der Waals surface area contributed by atoms with Crippen LogP contribution in [0.15, 0.2) is 47.0 Å². The van der Waals surface area contributed by atoms with E-state index in [1.807, 2.05) is 36.0 Å². The first-order valence-electron chi connectivity index (χ1n) is 7.17. The largest absolute Gasteiger partial charge is 0.460 e. The zero-order valence-corrected chi connectivity index (χ0v) is 12.6. The van der Waals surface area contributed by atoms with Gasteiger partial charge in [-0.3, -0.25) is 4.68 Å². The van der Waals surface area contributed by atoms with Gasteiger partial charge in [0.05, 0.1) is 12.2 Å².